The number of cyclic esters (lactones) is 1. The van der Waals surface area contributed by atoms with Crippen LogP contribution in [0.2, 0.25) is 0 Å². The largest absolute Gasteiger partial charge is 0.508 e. The van der Waals surface area contributed by atoms with Crippen molar-refractivity contribution in [1.82, 2.24) is 30.2 Å². The highest BCUT2D eigenvalue weighted by molar-refractivity contribution is 5.96. The van der Waals surface area contributed by atoms with Gasteiger partial charge in [0.05, 0.1) is 24.1 Å². The second-order valence-electron chi connectivity index (χ2n) is 19.8. The molecule has 0 aliphatic carbocycles. The summed E-state index contributed by atoms with van der Waals surface area (Å²) in [5, 5.41) is 16.8. The van der Waals surface area contributed by atoms with Gasteiger partial charge in [0.15, 0.2) is 0 Å². The third-order valence-corrected chi connectivity index (χ3v) is 13.9. The average Bonchev–Trinajstić information content (AvgIpc) is 3.94. The standard InChI is InChI=1S/C54H66N6O8/c1-9-59-45-20-19-36-29-41(45)42(48(59)40-17-13-22-55-46(40)33(4)66-8)30-54(5,6)31-68-53(65)43-18-14-23-60(57-43)51(63)44(27-34-25-37(36)28-38(61)26-34)56-50(62)47(32(2)3)58(7)52(64)49-39(21-24-67-49)35-15-11-10-12-16-35/h10-13,15-17,19-20,22,25-26,28-29,32-33,39,43-44,47,49,57,61H,9,14,18,21,23-24,27,30-31H2,1-8H3,(H,56,62)/t33-,39-,43-,44-,47-,49+/m0/s1. The fourth-order valence-corrected chi connectivity index (χ4v) is 10.5. The molecule has 14 heteroatoms. The molecule has 5 aromatic rings. The molecular formula is C54H66N6O8. The Morgan fingerprint density at radius 3 is 2.53 bits per heavy atom. The molecule has 8 rings (SSSR count). The summed E-state index contributed by atoms with van der Waals surface area (Å²) in [7, 11) is 3.29. The first kappa shape index (κ1) is 48.4. The molecule has 6 bridgehead atoms. The molecule has 3 aromatic carbocycles. The molecule has 3 N–H and O–H groups in total. The van der Waals surface area contributed by atoms with Gasteiger partial charge in [0, 0.05) is 74.3 Å². The number of aromatic hydroxyl groups is 1. The van der Waals surface area contributed by atoms with Crippen LogP contribution in [0.25, 0.3) is 33.3 Å². The van der Waals surface area contributed by atoms with Gasteiger partial charge in [-0.1, -0.05) is 70.2 Å². The van der Waals surface area contributed by atoms with E-state index in [-0.39, 0.29) is 49.2 Å². The van der Waals surface area contributed by atoms with Crippen molar-refractivity contribution in [3.8, 4) is 28.1 Å². The fraction of sp³-hybridized carbons (Fsp3) is 0.463. The number of likely N-dealkylation sites (N-methyl/N-ethyl adjacent to an activating group) is 1. The lowest BCUT2D eigenvalue weighted by Gasteiger charge is -2.37. The van der Waals surface area contributed by atoms with E-state index in [9.17, 15) is 24.3 Å². The molecule has 6 atom stereocenters. The molecule has 0 unspecified atom stereocenters. The summed E-state index contributed by atoms with van der Waals surface area (Å²) < 4.78 is 20.3. The van der Waals surface area contributed by atoms with E-state index in [4.69, 9.17) is 19.2 Å². The number of amides is 3. The number of fused-ring (bicyclic) bond motifs is 6. The number of hydrogen-bond donors (Lipinski definition) is 3. The predicted molar refractivity (Wildman–Crippen MR) is 260 cm³/mol. The Labute approximate surface area is 399 Å². The van der Waals surface area contributed by atoms with E-state index in [1.165, 1.54) is 9.91 Å². The number of pyridine rings is 1. The summed E-state index contributed by atoms with van der Waals surface area (Å²) in [6, 6.07) is 22.4. The molecule has 68 heavy (non-hydrogen) atoms. The number of nitrogens with zero attached hydrogens (tertiary/aromatic N) is 4. The number of rotatable bonds is 10. The van der Waals surface area contributed by atoms with E-state index < -0.39 is 47.4 Å². The summed E-state index contributed by atoms with van der Waals surface area (Å²) in [5.74, 6) is -2.26. The van der Waals surface area contributed by atoms with E-state index in [2.05, 4.69) is 54.3 Å². The minimum absolute atomic E-state index is 0.0000772. The van der Waals surface area contributed by atoms with Crippen LogP contribution in [0.15, 0.2) is 85.1 Å². The number of ether oxygens (including phenoxy) is 3. The van der Waals surface area contributed by atoms with Crippen molar-refractivity contribution < 1.29 is 38.5 Å². The highest BCUT2D eigenvalue weighted by Gasteiger charge is 2.42. The molecule has 0 saturated carbocycles. The Bertz CT molecular complexity index is 2660. The van der Waals surface area contributed by atoms with Crippen molar-refractivity contribution in [3.63, 3.8) is 0 Å². The molecule has 2 fully saturated rings. The van der Waals surface area contributed by atoms with Crippen molar-refractivity contribution in [1.29, 1.82) is 0 Å². The van der Waals surface area contributed by atoms with Crippen LogP contribution in [0.1, 0.15) is 95.2 Å². The van der Waals surface area contributed by atoms with Gasteiger partial charge in [-0.15, -0.1) is 0 Å². The number of hydrazine groups is 1. The van der Waals surface area contributed by atoms with E-state index >= 15 is 0 Å². The lowest BCUT2D eigenvalue weighted by atomic mass is 9.84. The van der Waals surface area contributed by atoms with Crippen LogP contribution >= 0.6 is 0 Å². The number of aromatic nitrogens is 2. The Hall–Kier alpha value is -6.09. The van der Waals surface area contributed by atoms with Crippen LogP contribution in [0, 0.1) is 11.3 Å². The van der Waals surface area contributed by atoms with Gasteiger partial charge in [0.1, 0.15) is 30.0 Å². The van der Waals surface area contributed by atoms with Gasteiger partial charge in [-0.3, -0.25) is 29.2 Å². The lowest BCUT2D eigenvalue weighted by Crippen LogP contribution is -2.62. The van der Waals surface area contributed by atoms with Crippen molar-refractivity contribution in [2.75, 3.05) is 33.9 Å². The number of benzene rings is 3. The van der Waals surface area contributed by atoms with E-state index in [0.717, 1.165) is 50.1 Å². The number of aryl methyl sites for hydroxylation is 1. The SMILES string of the molecule is CCn1c(-c2cccnc2[C@H](C)OC)c2c3cc(ccc31)-c1cc(O)cc(c1)C[C@H](NC(=O)[C@H](C(C)C)N(C)C(=O)[C@@H]1OCC[C@H]1c1ccccc1)C(=O)N1CCC[C@H](N1)C(=O)OCC(C)(C)C2. The van der Waals surface area contributed by atoms with E-state index in [1.54, 1.807) is 32.5 Å². The monoisotopic (exact) mass is 926 g/mol. The highest BCUT2D eigenvalue weighted by Crippen LogP contribution is 2.42. The lowest BCUT2D eigenvalue weighted by molar-refractivity contribution is -0.155. The van der Waals surface area contributed by atoms with Gasteiger partial charge >= 0.3 is 5.97 Å². The molecule has 0 radical (unpaired) electrons. The zero-order chi connectivity index (χ0) is 48.4. The Morgan fingerprint density at radius 2 is 1.79 bits per heavy atom. The molecule has 3 amide bonds. The Balaban J connectivity index is 1.20. The third kappa shape index (κ3) is 9.90. The number of phenols is 1. The van der Waals surface area contributed by atoms with Gasteiger partial charge < -0.3 is 34.1 Å². The van der Waals surface area contributed by atoms with Crippen LogP contribution < -0.4 is 10.7 Å². The van der Waals surface area contributed by atoms with Crippen molar-refractivity contribution in [2.24, 2.45) is 11.3 Å². The van der Waals surface area contributed by atoms with Crippen LogP contribution in [-0.4, -0.2) is 106 Å². The number of nitrogens with one attached hydrogen (secondary N) is 2. The zero-order valence-electron chi connectivity index (χ0n) is 40.6. The summed E-state index contributed by atoms with van der Waals surface area (Å²) in [4.78, 5) is 64.0. The number of hydrogen-bond acceptors (Lipinski definition) is 10. The molecule has 360 valence electrons. The molecular weight excluding hydrogens is 861 g/mol. The van der Waals surface area contributed by atoms with Gasteiger partial charge in [0.25, 0.3) is 11.8 Å². The number of carbonyl (C=O) groups excluding carboxylic acids is 4. The first-order chi connectivity index (χ1) is 32.6. The molecule has 5 heterocycles. The quantitative estimate of drug-likeness (QED) is 0.120. The van der Waals surface area contributed by atoms with E-state index in [0.29, 0.717) is 44.4 Å². The number of phenolic OH excluding ortho intramolecular Hbond substituents is 1. The van der Waals surface area contributed by atoms with E-state index in [1.807, 2.05) is 69.3 Å². The van der Waals surface area contributed by atoms with Crippen molar-refractivity contribution in [3.05, 3.63) is 107 Å². The maximum atomic E-state index is 14.8. The van der Waals surface area contributed by atoms with Gasteiger partial charge in [-0.2, -0.15) is 0 Å². The average molecular weight is 927 g/mol. The van der Waals surface area contributed by atoms with Crippen molar-refractivity contribution in [2.45, 2.75) is 116 Å². The first-order valence-electron chi connectivity index (χ1n) is 24.0. The summed E-state index contributed by atoms with van der Waals surface area (Å²) in [6.45, 7) is 13.5. The highest BCUT2D eigenvalue weighted by atomic mass is 16.5. The van der Waals surface area contributed by atoms with Gasteiger partial charge in [-0.25, -0.2) is 5.43 Å². The van der Waals surface area contributed by atoms with Gasteiger partial charge in [0.2, 0.25) is 5.91 Å². The Kier molecular flexibility index (Phi) is 14.4. The summed E-state index contributed by atoms with van der Waals surface area (Å²) in [6.07, 6.45) is 2.92. The van der Waals surface area contributed by atoms with Crippen molar-refractivity contribution >= 4 is 34.6 Å². The second-order valence-corrected chi connectivity index (χ2v) is 19.8. The molecule has 3 aliphatic rings. The molecule has 14 nitrogen and oxygen atoms in total. The summed E-state index contributed by atoms with van der Waals surface area (Å²) >= 11 is 0. The van der Waals surface area contributed by atoms with Crippen LogP contribution in [0.5, 0.6) is 5.75 Å². The number of methoxy groups -OCH3 is 1. The molecule has 2 saturated heterocycles. The van der Waals surface area contributed by atoms with Gasteiger partial charge in [-0.05, 0) is 110 Å². The first-order valence-corrected chi connectivity index (χ1v) is 24.0. The Morgan fingerprint density at radius 1 is 1.01 bits per heavy atom. The maximum Gasteiger partial charge on any atom is 0.324 e. The van der Waals surface area contributed by atoms with Crippen LogP contribution in [0.4, 0.5) is 0 Å². The molecule has 2 aromatic heterocycles. The maximum absolute atomic E-state index is 14.8. The number of carbonyl (C=O) groups is 4. The topological polar surface area (TPSA) is 165 Å². The second kappa shape index (κ2) is 20.2. The number of esters is 1. The smallest absolute Gasteiger partial charge is 0.324 e. The minimum Gasteiger partial charge on any atom is -0.508 e. The summed E-state index contributed by atoms with van der Waals surface area (Å²) in [5.41, 5.74) is 10.6. The zero-order valence-corrected chi connectivity index (χ0v) is 40.6. The molecule has 0 spiro atoms. The predicted octanol–water partition coefficient (Wildman–Crippen LogP) is 7.51. The normalized spacial score (nSPS) is 21.8. The van der Waals surface area contributed by atoms with Crippen LogP contribution in [0.3, 0.4) is 0 Å². The van der Waals surface area contributed by atoms with Crippen LogP contribution in [-0.2, 0) is 52.8 Å². The minimum atomic E-state index is -1.15. The molecule has 3 aliphatic heterocycles. The third-order valence-electron chi connectivity index (χ3n) is 13.9. The fourth-order valence-electron chi connectivity index (χ4n) is 10.5.